The van der Waals surface area contributed by atoms with Crippen LogP contribution in [-0.2, 0) is 6.54 Å². The van der Waals surface area contributed by atoms with Crippen LogP contribution in [0.15, 0.2) is 48.7 Å². The first kappa shape index (κ1) is 11.8. The fourth-order valence-corrected chi connectivity index (χ4v) is 1.83. The SMILES string of the molecule is C=C(C)CCNCc1cccc2cccnc12. The van der Waals surface area contributed by atoms with Gasteiger partial charge >= 0.3 is 0 Å². The second-order valence-electron chi connectivity index (χ2n) is 4.38. The Labute approximate surface area is 102 Å². The predicted molar refractivity (Wildman–Crippen MR) is 72.9 cm³/mol. The van der Waals surface area contributed by atoms with E-state index in [1.54, 1.807) is 0 Å². The van der Waals surface area contributed by atoms with Gasteiger partial charge in [0.1, 0.15) is 0 Å². The van der Waals surface area contributed by atoms with Crippen molar-refractivity contribution in [1.82, 2.24) is 10.3 Å². The number of nitrogens with zero attached hydrogens (tertiary/aromatic N) is 1. The summed E-state index contributed by atoms with van der Waals surface area (Å²) < 4.78 is 0. The highest BCUT2D eigenvalue weighted by molar-refractivity contribution is 5.81. The van der Waals surface area contributed by atoms with Gasteiger partial charge in [-0.05, 0) is 31.5 Å². The number of aromatic nitrogens is 1. The molecule has 0 radical (unpaired) electrons. The van der Waals surface area contributed by atoms with Crippen LogP contribution in [0.1, 0.15) is 18.9 Å². The number of fused-ring (bicyclic) bond motifs is 1. The van der Waals surface area contributed by atoms with Crippen LogP contribution in [0.4, 0.5) is 0 Å². The van der Waals surface area contributed by atoms with Crippen molar-refractivity contribution in [3.05, 3.63) is 54.2 Å². The summed E-state index contributed by atoms with van der Waals surface area (Å²) in [5.74, 6) is 0. The molecule has 1 aromatic carbocycles. The van der Waals surface area contributed by atoms with E-state index in [1.807, 2.05) is 12.3 Å². The van der Waals surface area contributed by atoms with Crippen LogP contribution in [-0.4, -0.2) is 11.5 Å². The maximum Gasteiger partial charge on any atom is 0.0746 e. The van der Waals surface area contributed by atoms with E-state index in [0.29, 0.717) is 0 Å². The quantitative estimate of drug-likeness (QED) is 0.625. The summed E-state index contributed by atoms with van der Waals surface area (Å²) in [4.78, 5) is 4.44. The molecule has 0 saturated carbocycles. The Hall–Kier alpha value is -1.67. The van der Waals surface area contributed by atoms with Gasteiger partial charge in [-0.1, -0.05) is 29.8 Å². The van der Waals surface area contributed by atoms with Gasteiger partial charge in [0.2, 0.25) is 0 Å². The van der Waals surface area contributed by atoms with Crippen molar-refractivity contribution in [3.63, 3.8) is 0 Å². The molecule has 0 aliphatic rings. The third kappa shape index (κ3) is 3.14. The lowest BCUT2D eigenvalue weighted by atomic mass is 10.1. The lowest BCUT2D eigenvalue weighted by molar-refractivity contribution is 0.687. The molecule has 2 aromatic rings. The average molecular weight is 226 g/mol. The van der Waals surface area contributed by atoms with Crippen LogP contribution in [0.25, 0.3) is 10.9 Å². The minimum absolute atomic E-state index is 0.863. The van der Waals surface area contributed by atoms with E-state index in [4.69, 9.17) is 0 Å². The number of hydrogen-bond donors (Lipinski definition) is 1. The topological polar surface area (TPSA) is 24.9 Å². The van der Waals surface area contributed by atoms with Gasteiger partial charge in [-0.25, -0.2) is 0 Å². The monoisotopic (exact) mass is 226 g/mol. The van der Waals surface area contributed by atoms with Crippen LogP contribution >= 0.6 is 0 Å². The standard InChI is InChI=1S/C15H18N2/c1-12(2)8-10-16-11-14-6-3-5-13-7-4-9-17-15(13)14/h3-7,9,16H,1,8,10-11H2,2H3. The summed E-state index contributed by atoms with van der Waals surface area (Å²) in [6.07, 6.45) is 2.87. The summed E-state index contributed by atoms with van der Waals surface area (Å²) in [5, 5.41) is 4.62. The van der Waals surface area contributed by atoms with Gasteiger partial charge in [0.25, 0.3) is 0 Å². The van der Waals surface area contributed by atoms with E-state index in [1.165, 1.54) is 16.5 Å². The van der Waals surface area contributed by atoms with E-state index in [-0.39, 0.29) is 0 Å². The van der Waals surface area contributed by atoms with E-state index in [9.17, 15) is 0 Å². The van der Waals surface area contributed by atoms with Gasteiger partial charge in [0, 0.05) is 18.1 Å². The lowest BCUT2D eigenvalue weighted by Crippen LogP contribution is -2.15. The molecule has 1 aromatic heterocycles. The molecule has 2 rings (SSSR count). The van der Waals surface area contributed by atoms with E-state index < -0.39 is 0 Å². The van der Waals surface area contributed by atoms with E-state index >= 15 is 0 Å². The van der Waals surface area contributed by atoms with Crippen LogP contribution in [0.3, 0.4) is 0 Å². The number of pyridine rings is 1. The fraction of sp³-hybridized carbons (Fsp3) is 0.267. The Bertz CT molecular complexity index is 512. The molecule has 1 N–H and O–H groups in total. The van der Waals surface area contributed by atoms with Gasteiger partial charge in [0.15, 0.2) is 0 Å². The lowest BCUT2D eigenvalue weighted by Gasteiger charge is -2.07. The molecule has 2 heteroatoms. The second kappa shape index (κ2) is 5.60. The summed E-state index contributed by atoms with van der Waals surface area (Å²) in [7, 11) is 0. The highest BCUT2D eigenvalue weighted by atomic mass is 14.8. The minimum Gasteiger partial charge on any atom is -0.312 e. The average Bonchev–Trinajstić information content (AvgIpc) is 2.34. The molecule has 1 heterocycles. The molecular weight excluding hydrogens is 208 g/mol. The van der Waals surface area contributed by atoms with Crippen molar-refractivity contribution in [2.24, 2.45) is 0 Å². The number of para-hydroxylation sites is 1. The molecule has 17 heavy (non-hydrogen) atoms. The number of rotatable bonds is 5. The van der Waals surface area contributed by atoms with Crippen molar-refractivity contribution in [3.8, 4) is 0 Å². The molecular formula is C15H18N2. The Balaban J connectivity index is 2.05. The van der Waals surface area contributed by atoms with Gasteiger partial charge in [-0.2, -0.15) is 0 Å². The van der Waals surface area contributed by atoms with E-state index in [0.717, 1.165) is 25.0 Å². The highest BCUT2D eigenvalue weighted by Crippen LogP contribution is 2.15. The molecule has 2 nitrogen and oxygen atoms in total. The Kier molecular flexibility index (Phi) is 3.89. The van der Waals surface area contributed by atoms with Gasteiger partial charge < -0.3 is 5.32 Å². The van der Waals surface area contributed by atoms with Crippen LogP contribution in [0.2, 0.25) is 0 Å². The van der Waals surface area contributed by atoms with Crippen molar-refractivity contribution in [1.29, 1.82) is 0 Å². The third-order valence-electron chi connectivity index (χ3n) is 2.76. The maximum atomic E-state index is 4.44. The van der Waals surface area contributed by atoms with Crippen molar-refractivity contribution >= 4 is 10.9 Å². The first-order valence-electron chi connectivity index (χ1n) is 5.95. The summed E-state index contributed by atoms with van der Waals surface area (Å²) in [5.41, 5.74) is 3.57. The molecule has 0 amide bonds. The van der Waals surface area contributed by atoms with Gasteiger partial charge in [-0.3, -0.25) is 4.98 Å². The number of hydrogen-bond acceptors (Lipinski definition) is 2. The van der Waals surface area contributed by atoms with Crippen molar-refractivity contribution < 1.29 is 0 Å². The van der Waals surface area contributed by atoms with Crippen LogP contribution in [0, 0.1) is 0 Å². The zero-order valence-corrected chi connectivity index (χ0v) is 10.2. The van der Waals surface area contributed by atoms with Crippen molar-refractivity contribution in [2.45, 2.75) is 19.9 Å². The number of benzene rings is 1. The van der Waals surface area contributed by atoms with Crippen LogP contribution in [0.5, 0.6) is 0 Å². The molecule has 0 aliphatic carbocycles. The maximum absolute atomic E-state index is 4.44. The summed E-state index contributed by atoms with van der Waals surface area (Å²) in [6, 6.07) is 10.4. The number of nitrogens with one attached hydrogen (secondary N) is 1. The normalized spacial score (nSPS) is 10.6. The predicted octanol–water partition coefficient (Wildman–Crippen LogP) is 3.29. The van der Waals surface area contributed by atoms with Gasteiger partial charge in [-0.15, -0.1) is 6.58 Å². The molecule has 0 saturated heterocycles. The Morgan fingerprint density at radius 3 is 2.94 bits per heavy atom. The smallest absolute Gasteiger partial charge is 0.0746 e. The largest absolute Gasteiger partial charge is 0.312 e. The Morgan fingerprint density at radius 1 is 1.29 bits per heavy atom. The van der Waals surface area contributed by atoms with Crippen LogP contribution < -0.4 is 5.32 Å². The first-order chi connectivity index (χ1) is 8.27. The molecule has 0 aliphatic heterocycles. The zero-order valence-electron chi connectivity index (χ0n) is 10.2. The van der Waals surface area contributed by atoms with Gasteiger partial charge in [0.05, 0.1) is 5.52 Å². The molecule has 0 atom stereocenters. The minimum atomic E-state index is 0.863. The molecule has 0 bridgehead atoms. The third-order valence-corrected chi connectivity index (χ3v) is 2.76. The fourth-order valence-electron chi connectivity index (χ4n) is 1.83. The zero-order chi connectivity index (χ0) is 12.1. The second-order valence-corrected chi connectivity index (χ2v) is 4.38. The highest BCUT2D eigenvalue weighted by Gasteiger charge is 2.00. The molecule has 0 unspecified atom stereocenters. The summed E-state index contributed by atoms with van der Waals surface area (Å²) >= 11 is 0. The first-order valence-corrected chi connectivity index (χ1v) is 5.95. The Morgan fingerprint density at radius 2 is 2.12 bits per heavy atom. The van der Waals surface area contributed by atoms with E-state index in [2.05, 4.69) is 48.1 Å². The molecule has 0 spiro atoms. The molecule has 88 valence electrons. The molecule has 0 fully saturated rings. The summed E-state index contributed by atoms with van der Waals surface area (Å²) in [6.45, 7) is 7.79. The van der Waals surface area contributed by atoms with Crippen molar-refractivity contribution in [2.75, 3.05) is 6.54 Å².